The van der Waals surface area contributed by atoms with Crippen molar-refractivity contribution >= 4 is 11.6 Å². The number of amides is 1. The maximum atomic E-state index is 12.5. The molecule has 2 aromatic carbocycles. The molecular formula is C21H30N3O2+. The van der Waals surface area contributed by atoms with E-state index >= 15 is 0 Å². The molecule has 0 aliphatic carbocycles. The van der Waals surface area contributed by atoms with Crippen LogP contribution in [0.15, 0.2) is 48.5 Å². The lowest BCUT2D eigenvalue weighted by Gasteiger charge is -2.21. The third-order valence-electron chi connectivity index (χ3n) is 4.69. The van der Waals surface area contributed by atoms with Crippen LogP contribution in [0.2, 0.25) is 0 Å². The summed E-state index contributed by atoms with van der Waals surface area (Å²) in [4.78, 5) is 15.7. The van der Waals surface area contributed by atoms with Crippen LogP contribution in [0.4, 0.5) is 5.69 Å². The molecule has 1 amide bonds. The highest BCUT2D eigenvalue weighted by molar-refractivity contribution is 5.79. The third kappa shape index (κ3) is 5.49. The number of methoxy groups -OCH3 is 1. The molecule has 0 aromatic heterocycles. The number of rotatable bonds is 8. The van der Waals surface area contributed by atoms with Gasteiger partial charge in [-0.1, -0.05) is 24.3 Å². The standard InChI is InChI=1S/C21H29N3O2/c1-16(21(25)22-14-17-8-12-20(26-5)13-9-17)24(4)15-18-6-10-19(11-7-18)23(2)3/h6-13,16H,14-15H2,1-5H3,(H,22,25)/p+1/t16-/m0/s1. The number of benzene rings is 2. The van der Waals surface area contributed by atoms with Crippen molar-refractivity contribution in [3.05, 3.63) is 59.7 Å². The van der Waals surface area contributed by atoms with Crippen molar-refractivity contribution in [2.75, 3.05) is 33.2 Å². The molecule has 26 heavy (non-hydrogen) atoms. The molecule has 2 atom stereocenters. The van der Waals surface area contributed by atoms with E-state index in [1.165, 1.54) is 11.3 Å². The Labute approximate surface area is 156 Å². The van der Waals surface area contributed by atoms with Crippen LogP contribution in [0.5, 0.6) is 5.75 Å². The molecule has 0 heterocycles. The van der Waals surface area contributed by atoms with Gasteiger partial charge in [0.1, 0.15) is 12.3 Å². The highest BCUT2D eigenvalue weighted by atomic mass is 16.5. The summed E-state index contributed by atoms with van der Waals surface area (Å²) in [6.45, 7) is 3.30. The van der Waals surface area contributed by atoms with Crippen molar-refractivity contribution in [2.24, 2.45) is 0 Å². The molecule has 0 saturated heterocycles. The van der Waals surface area contributed by atoms with Crippen LogP contribution < -0.4 is 19.9 Å². The Balaban J connectivity index is 1.85. The normalized spacial score (nSPS) is 13.0. The lowest BCUT2D eigenvalue weighted by molar-refractivity contribution is -0.908. The van der Waals surface area contributed by atoms with Crippen LogP contribution in [0.25, 0.3) is 0 Å². The summed E-state index contributed by atoms with van der Waals surface area (Å²) in [5.74, 6) is 0.876. The number of anilines is 1. The van der Waals surface area contributed by atoms with Gasteiger partial charge in [0.25, 0.3) is 5.91 Å². The first-order valence-electron chi connectivity index (χ1n) is 8.90. The second-order valence-corrected chi connectivity index (χ2v) is 6.87. The van der Waals surface area contributed by atoms with E-state index < -0.39 is 0 Å². The Bertz CT molecular complexity index is 696. The fourth-order valence-electron chi connectivity index (χ4n) is 2.70. The van der Waals surface area contributed by atoms with Crippen molar-refractivity contribution in [3.63, 3.8) is 0 Å². The van der Waals surface area contributed by atoms with Gasteiger partial charge in [-0.25, -0.2) is 0 Å². The van der Waals surface area contributed by atoms with E-state index in [2.05, 4.69) is 41.5 Å². The topological polar surface area (TPSA) is 46.0 Å². The first kappa shape index (κ1) is 19.8. The smallest absolute Gasteiger partial charge is 0.278 e. The van der Waals surface area contributed by atoms with Gasteiger partial charge >= 0.3 is 0 Å². The molecule has 0 radical (unpaired) electrons. The highest BCUT2D eigenvalue weighted by Gasteiger charge is 2.21. The van der Waals surface area contributed by atoms with Crippen LogP contribution in [0, 0.1) is 0 Å². The SMILES string of the molecule is COc1ccc(CNC(=O)[C@H](C)[NH+](C)Cc2ccc(N(C)C)cc2)cc1. The number of nitrogens with zero attached hydrogens (tertiary/aromatic N) is 1. The Morgan fingerprint density at radius 1 is 1.08 bits per heavy atom. The molecular weight excluding hydrogens is 326 g/mol. The zero-order chi connectivity index (χ0) is 19.1. The van der Waals surface area contributed by atoms with Crippen molar-refractivity contribution in [1.82, 2.24) is 5.32 Å². The molecule has 5 nitrogen and oxygen atoms in total. The third-order valence-corrected chi connectivity index (χ3v) is 4.69. The molecule has 5 heteroatoms. The Hall–Kier alpha value is -2.53. The monoisotopic (exact) mass is 356 g/mol. The van der Waals surface area contributed by atoms with E-state index in [-0.39, 0.29) is 11.9 Å². The molecule has 0 aliphatic heterocycles. The Kier molecular flexibility index (Phi) is 7.04. The lowest BCUT2D eigenvalue weighted by Crippen LogP contribution is -3.12. The van der Waals surface area contributed by atoms with Crippen LogP contribution in [-0.4, -0.2) is 40.2 Å². The van der Waals surface area contributed by atoms with Gasteiger partial charge in [-0.2, -0.15) is 0 Å². The van der Waals surface area contributed by atoms with Crippen LogP contribution >= 0.6 is 0 Å². The van der Waals surface area contributed by atoms with Gasteiger partial charge in [0.2, 0.25) is 0 Å². The maximum Gasteiger partial charge on any atom is 0.278 e. The summed E-state index contributed by atoms with van der Waals surface area (Å²) < 4.78 is 5.15. The number of carbonyl (C=O) groups excluding carboxylic acids is 1. The number of nitrogens with one attached hydrogen (secondary N) is 2. The van der Waals surface area contributed by atoms with Crippen LogP contribution in [0.3, 0.4) is 0 Å². The average molecular weight is 356 g/mol. The number of carbonyl (C=O) groups is 1. The predicted octanol–water partition coefficient (Wildman–Crippen LogP) is 1.48. The zero-order valence-electron chi connectivity index (χ0n) is 16.4. The van der Waals surface area contributed by atoms with Gasteiger partial charge < -0.3 is 19.9 Å². The summed E-state index contributed by atoms with van der Waals surface area (Å²) >= 11 is 0. The van der Waals surface area contributed by atoms with Crippen molar-refractivity contribution in [1.29, 1.82) is 0 Å². The van der Waals surface area contributed by atoms with Crippen molar-refractivity contribution in [2.45, 2.75) is 26.1 Å². The quantitative estimate of drug-likeness (QED) is 0.753. The number of likely N-dealkylation sites (N-methyl/N-ethyl adjacent to an activating group) is 1. The summed E-state index contributed by atoms with van der Waals surface area (Å²) in [6, 6.07) is 16.1. The largest absolute Gasteiger partial charge is 0.497 e. The first-order valence-corrected chi connectivity index (χ1v) is 8.90. The molecule has 0 fully saturated rings. The minimum Gasteiger partial charge on any atom is -0.497 e. The van der Waals surface area contributed by atoms with Crippen LogP contribution in [0.1, 0.15) is 18.1 Å². The zero-order valence-corrected chi connectivity index (χ0v) is 16.4. The van der Waals surface area contributed by atoms with E-state index in [9.17, 15) is 4.79 Å². The van der Waals surface area contributed by atoms with Crippen LogP contribution in [-0.2, 0) is 17.9 Å². The molecule has 140 valence electrons. The highest BCUT2D eigenvalue weighted by Crippen LogP contribution is 2.12. The first-order chi connectivity index (χ1) is 12.4. The Morgan fingerprint density at radius 2 is 1.65 bits per heavy atom. The fourth-order valence-corrected chi connectivity index (χ4v) is 2.70. The number of ether oxygens (including phenoxy) is 1. The lowest BCUT2D eigenvalue weighted by atomic mass is 10.1. The Morgan fingerprint density at radius 3 is 2.19 bits per heavy atom. The molecule has 0 aliphatic rings. The summed E-state index contributed by atoms with van der Waals surface area (Å²) in [6.07, 6.45) is 0. The van der Waals surface area contributed by atoms with E-state index in [0.717, 1.165) is 22.8 Å². The molecule has 1 unspecified atom stereocenters. The van der Waals surface area contributed by atoms with Gasteiger partial charge in [0.05, 0.1) is 14.2 Å². The molecule has 0 saturated carbocycles. The second kappa shape index (κ2) is 9.25. The maximum absolute atomic E-state index is 12.5. The van der Waals surface area contributed by atoms with Gasteiger partial charge in [0, 0.05) is 31.9 Å². The number of quaternary nitrogens is 1. The number of hydrogen-bond acceptors (Lipinski definition) is 3. The van der Waals surface area contributed by atoms with Crippen molar-refractivity contribution in [3.8, 4) is 5.75 Å². The predicted molar refractivity (Wildman–Crippen MR) is 106 cm³/mol. The van der Waals surface area contributed by atoms with E-state index in [4.69, 9.17) is 4.74 Å². The van der Waals surface area contributed by atoms with Gasteiger partial charge in [-0.15, -0.1) is 0 Å². The molecule has 2 aromatic rings. The molecule has 2 rings (SSSR count). The van der Waals surface area contributed by atoms with E-state index in [1.54, 1.807) is 7.11 Å². The van der Waals surface area contributed by atoms with Gasteiger partial charge in [0.15, 0.2) is 6.04 Å². The second-order valence-electron chi connectivity index (χ2n) is 6.87. The van der Waals surface area contributed by atoms with E-state index in [1.807, 2.05) is 45.3 Å². The summed E-state index contributed by atoms with van der Waals surface area (Å²) in [5, 5.41) is 3.02. The summed E-state index contributed by atoms with van der Waals surface area (Å²) in [5.41, 5.74) is 3.46. The van der Waals surface area contributed by atoms with Gasteiger partial charge in [-0.05, 0) is 36.8 Å². The fraction of sp³-hybridized carbons (Fsp3) is 0.381. The molecule has 2 N–H and O–H groups in total. The van der Waals surface area contributed by atoms with Gasteiger partial charge in [-0.3, -0.25) is 4.79 Å². The van der Waals surface area contributed by atoms with E-state index in [0.29, 0.717) is 6.54 Å². The number of hydrogen-bond donors (Lipinski definition) is 2. The average Bonchev–Trinajstić information content (AvgIpc) is 2.66. The molecule has 0 bridgehead atoms. The minimum atomic E-state index is -0.123. The minimum absolute atomic E-state index is 0.0585. The molecule has 0 spiro atoms. The van der Waals surface area contributed by atoms with Crippen molar-refractivity contribution < 1.29 is 14.4 Å². The summed E-state index contributed by atoms with van der Waals surface area (Å²) in [7, 11) is 7.76.